The summed E-state index contributed by atoms with van der Waals surface area (Å²) in [5.41, 5.74) is 8.62. The summed E-state index contributed by atoms with van der Waals surface area (Å²) >= 11 is 0. The van der Waals surface area contributed by atoms with Gasteiger partial charge in [-0.3, -0.25) is 4.79 Å². The lowest BCUT2D eigenvalue weighted by Gasteiger charge is -2.31. The number of nitrogen functional groups attached to an aromatic ring is 1. The molecule has 1 atom stereocenters. The second-order valence-corrected chi connectivity index (χ2v) is 14.4. The summed E-state index contributed by atoms with van der Waals surface area (Å²) in [5.74, 6) is -0.713. The van der Waals surface area contributed by atoms with Gasteiger partial charge in [0.05, 0.1) is 37.1 Å². The van der Waals surface area contributed by atoms with Gasteiger partial charge in [-0.2, -0.15) is 0 Å². The zero-order chi connectivity index (χ0) is 22.3. The van der Waals surface area contributed by atoms with Crippen molar-refractivity contribution >= 4 is 35.8 Å². The number of esters is 1. The van der Waals surface area contributed by atoms with Crippen molar-refractivity contribution in [3.63, 3.8) is 0 Å². The van der Waals surface area contributed by atoms with Crippen LogP contribution >= 0.6 is 0 Å². The van der Waals surface area contributed by atoms with E-state index in [1.807, 2.05) is 18.2 Å². The number of benzene rings is 1. The number of aromatic nitrogens is 2. The van der Waals surface area contributed by atoms with Crippen LogP contribution in [0.2, 0.25) is 19.6 Å². The molecule has 4 heterocycles. The normalized spacial score (nSPS) is 19.7. The van der Waals surface area contributed by atoms with Crippen molar-refractivity contribution in [3.05, 3.63) is 51.3 Å². The monoisotopic (exact) mass is 435 g/mol. The number of anilines is 1. The number of hydrogen-bond acceptors (Lipinski definition) is 6. The Morgan fingerprint density at radius 2 is 1.97 bits per heavy atom. The van der Waals surface area contributed by atoms with Crippen LogP contribution in [0.15, 0.2) is 29.1 Å². The third-order valence-electron chi connectivity index (χ3n) is 6.46. The summed E-state index contributed by atoms with van der Waals surface area (Å²) in [4.78, 5) is 30.7. The SMILES string of the molecule is CC[C@@]1(O)C(=O)OCc2c1cc1n(c2=O)Cc2c-1nc1ccc(N)cc1c2[Si](C)(C)C. The molecule has 31 heavy (non-hydrogen) atoms. The lowest BCUT2D eigenvalue weighted by atomic mass is 9.86. The van der Waals surface area contributed by atoms with Crippen LogP contribution in [-0.2, 0) is 28.3 Å². The highest BCUT2D eigenvalue weighted by atomic mass is 28.3. The van der Waals surface area contributed by atoms with E-state index in [2.05, 4.69) is 19.6 Å². The van der Waals surface area contributed by atoms with Gasteiger partial charge in [0, 0.05) is 16.6 Å². The summed E-state index contributed by atoms with van der Waals surface area (Å²) < 4.78 is 6.85. The Balaban J connectivity index is 1.87. The lowest BCUT2D eigenvalue weighted by Crippen LogP contribution is -2.44. The number of nitrogens with zero attached hydrogens (tertiary/aromatic N) is 2. The van der Waals surface area contributed by atoms with Crippen molar-refractivity contribution in [1.29, 1.82) is 0 Å². The third-order valence-corrected chi connectivity index (χ3v) is 8.53. The largest absolute Gasteiger partial charge is 0.458 e. The molecular formula is C23H25N3O4Si. The summed E-state index contributed by atoms with van der Waals surface area (Å²) in [6, 6.07) is 7.47. The van der Waals surface area contributed by atoms with Crippen molar-refractivity contribution in [2.24, 2.45) is 0 Å². The zero-order valence-electron chi connectivity index (χ0n) is 18.1. The molecule has 8 heteroatoms. The van der Waals surface area contributed by atoms with Gasteiger partial charge in [0.1, 0.15) is 6.61 Å². The molecule has 3 N–H and O–H groups in total. The minimum Gasteiger partial charge on any atom is -0.458 e. The topological polar surface area (TPSA) is 107 Å². The Bertz CT molecular complexity index is 1360. The molecule has 0 bridgehead atoms. The van der Waals surface area contributed by atoms with E-state index in [1.54, 1.807) is 17.6 Å². The Kier molecular flexibility index (Phi) is 4.04. The molecule has 5 rings (SSSR count). The Morgan fingerprint density at radius 3 is 2.65 bits per heavy atom. The second kappa shape index (κ2) is 6.27. The molecular weight excluding hydrogens is 410 g/mol. The third kappa shape index (κ3) is 2.64. The summed E-state index contributed by atoms with van der Waals surface area (Å²) in [5, 5.41) is 13.3. The predicted molar refractivity (Wildman–Crippen MR) is 122 cm³/mol. The van der Waals surface area contributed by atoms with Gasteiger partial charge in [-0.05, 0) is 41.4 Å². The van der Waals surface area contributed by atoms with Gasteiger partial charge < -0.3 is 20.1 Å². The smallest absolute Gasteiger partial charge is 0.343 e. The van der Waals surface area contributed by atoms with Crippen molar-refractivity contribution in [3.8, 4) is 11.4 Å². The highest BCUT2D eigenvalue weighted by molar-refractivity contribution is 6.90. The van der Waals surface area contributed by atoms with E-state index in [1.165, 1.54) is 5.19 Å². The molecule has 7 nitrogen and oxygen atoms in total. The lowest BCUT2D eigenvalue weighted by molar-refractivity contribution is -0.172. The van der Waals surface area contributed by atoms with Crippen LogP contribution in [0.3, 0.4) is 0 Å². The number of rotatable bonds is 2. The first-order valence-corrected chi connectivity index (χ1v) is 14.0. The fraction of sp³-hybridized carbons (Fsp3) is 0.348. The average Bonchev–Trinajstić information content (AvgIpc) is 3.07. The number of aliphatic hydroxyl groups is 1. The maximum atomic E-state index is 13.4. The van der Waals surface area contributed by atoms with E-state index < -0.39 is 19.6 Å². The number of fused-ring (bicyclic) bond motifs is 5. The van der Waals surface area contributed by atoms with Crippen LogP contribution in [0.1, 0.15) is 30.0 Å². The summed E-state index contributed by atoms with van der Waals surface area (Å²) in [7, 11) is -1.85. The number of carbonyl (C=O) groups is 1. The number of carbonyl (C=O) groups excluding carboxylic acids is 1. The molecule has 0 fully saturated rings. The van der Waals surface area contributed by atoms with Gasteiger partial charge in [0.2, 0.25) is 0 Å². The van der Waals surface area contributed by atoms with Crippen molar-refractivity contribution in [2.75, 3.05) is 5.73 Å². The molecule has 160 valence electrons. The molecule has 2 aliphatic heterocycles. The second-order valence-electron chi connectivity index (χ2n) is 9.44. The van der Waals surface area contributed by atoms with Gasteiger partial charge in [0.25, 0.3) is 5.56 Å². The number of pyridine rings is 2. The molecule has 0 unspecified atom stereocenters. The predicted octanol–water partition coefficient (Wildman–Crippen LogP) is 2.21. The van der Waals surface area contributed by atoms with Crippen molar-refractivity contribution in [2.45, 2.75) is 51.7 Å². The van der Waals surface area contributed by atoms with Crippen molar-refractivity contribution in [1.82, 2.24) is 9.55 Å². The maximum absolute atomic E-state index is 13.4. The molecule has 0 saturated carbocycles. The fourth-order valence-electron chi connectivity index (χ4n) is 4.95. The minimum atomic E-state index is -1.85. The van der Waals surface area contributed by atoms with Crippen LogP contribution in [0.25, 0.3) is 22.3 Å². The molecule has 1 aromatic carbocycles. The molecule has 0 spiro atoms. The molecule has 0 saturated heterocycles. The Labute approximate surface area is 180 Å². The number of hydrogen-bond donors (Lipinski definition) is 2. The highest BCUT2D eigenvalue weighted by Crippen LogP contribution is 2.38. The molecule has 2 aliphatic rings. The zero-order valence-corrected chi connectivity index (χ0v) is 19.1. The number of nitrogens with two attached hydrogens (primary N) is 1. The van der Waals surface area contributed by atoms with Gasteiger partial charge >= 0.3 is 5.97 Å². The first kappa shape index (κ1) is 20.0. The molecule has 3 aromatic rings. The summed E-state index contributed by atoms with van der Waals surface area (Å²) in [6.07, 6.45) is 0.124. The minimum absolute atomic E-state index is 0.124. The van der Waals surface area contributed by atoms with Crippen molar-refractivity contribution < 1.29 is 14.6 Å². The van der Waals surface area contributed by atoms with Crippen LogP contribution in [0, 0.1) is 0 Å². The molecule has 0 aliphatic carbocycles. The van der Waals surface area contributed by atoms with E-state index in [4.69, 9.17) is 15.5 Å². The number of ether oxygens (including phenoxy) is 1. The van der Waals surface area contributed by atoms with E-state index in [-0.39, 0.29) is 18.6 Å². The number of cyclic esters (lactones) is 1. The van der Waals surface area contributed by atoms with Crippen LogP contribution in [0.5, 0.6) is 0 Å². The van der Waals surface area contributed by atoms with Gasteiger partial charge in [-0.15, -0.1) is 0 Å². The van der Waals surface area contributed by atoms with E-state index in [9.17, 15) is 14.7 Å². The fourth-order valence-corrected chi connectivity index (χ4v) is 7.06. The van der Waals surface area contributed by atoms with E-state index in [0.29, 0.717) is 29.1 Å². The van der Waals surface area contributed by atoms with Crippen LogP contribution in [0.4, 0.5) is 5.69 Å². The standard InChI is InChI=1S/C23H25N3O4Si/c1-5-23(29)16-9-18-19-14(10-26(18)21(27)15(16)11-30-22(23)28)20(31(2,3)4)13-8-12(24)6-7-17(13)25-19/h6-9,29H,5,10-11,24H2,1-4H3/t23-/m0/s1. The first-order chi connectivity index (χ1) is 14.6. The maximum Gasteiger partial charge on any atom is 0.343 e. The Hall–Kier alpha value is -2.97. The quantitative estimate of drug-likeness (QED) is 0.284. The van der Waals surface area contributed by atoms with Crippen LogP contribution in [-0.4, -0.2) is 28.7 Å². The molecule has 0 amide bonds. The van der Waals surface area contributed by atoms with E-state index in [0.717, 1.165) is 22.2 Å². The summed E-state index contributed by atoms with van der Waals surface area (Å²) in [6.45, 7) is 8.79. The molecule has 0 radical (unpaired) electrons. The van der Waals surface area contributed by atoms with Gasteiger partial charge in [0.15, 0.2) is 5.60 Å². The van der Waals surface area contributed by atoms with Gasteiger partial charge in [-0.1, -0.05) is 26.6 Å². The van der Waals surface area contributed by atoms with Gasteiger partial charge in [-0.25, -0.2) is 9.78 Å². The van der Waals surface area contributed by atoms with Crippen LogP contribution < -0.4 is 16.5 Å². The first-order valence-electron chi connectivity index (χ1n) is 10.5. The Morgan fingerprint density at radius 1 is 1.23 bits per heavy atom. The van der Waals surface area contributed by atoms with E-state index >= 15 is 0 Å². The average molecular weight is 436 g/mol. The highest BCUT2D eigenvalue weighted by Gasteiger charge is 2.45. The molecule has 2 aromatic heterocycles.